The Kier molecular flexibility index (Phi) is 9.18. The molecule has 1 fully saturated rings. The van der Waals surface area contributed by atoms with E-state index in [1.165, 1.54) is 81.1 Å². The molecular weight excluding hydrogens is 321 g/mol. The maximum Gasteiger partial charge on any atom is 0.199 e. The zero-order valence-corrected chi connectivity index (χ0v) is 16.1. The van der Waals surface area contributed by atoms with Gasteiger partial charge in [0.15, 0.2) is 5.83 Å². The zero-order valence-electron chi connectivity index (χ0n) is 16.1. The smallest absolute Gasteiger partial charge is 0.195 e. The van der Waals surface area contributed by atoms with Crippen molar-refractivity contribution in [1.82, 2.24) is 0 Å². The van der Waals surface area contributed by atoms with Gasteiger partial charge in [0.2, 0.25) is 0 Å². The first kappa shape index (κ1) is 20.4. The Hall–Kier alpha value is -1.88. The summed E-state index contributed by atoms with van der Waals surface area (Å²) in [6.07, 6.45) is 17.3. The minimum absolute atomic E-state index is 0.721. The van der Waals surface area contributed by atoms with Crippen LogP contribution in [0.1, 0.15) is 69.4 Å². The SMILES string of the molecule is CCCc1ccc(CC[C@H]2CC[C@H](CC/C=C/C=C(\F)C#N)CC2)cc1. The van der Waals surface area contributed by atoms with Crippen molar-refractivity contribution in [2.24, 2.45) is 11.8 Å². The van der Waals surface area contributed by atoms with Gasteiger partial charge >= 0.3 is 0 Å². The summed E-state index contributed by atoms with van der Waals surface area (Å²) >= 11 is 0. The van der Waals surface area contributed by atoms with Gasteiger partial charge < -0.3 is 0 Å². The first-order valence-electron chi connectivity index (χ1n) is 10.2. The van der Waals surface area contributed by atoms with E-state index in [1.807, 2.05) is 6.08 Å². The first-order valence-corrected chi connectivity index (χ1v) is 10.2. The minimum Gasteiger partial charge on any atom is -0.195 e. The number of halogens is 1. The van der Waals surface area contributed by atoms with Crippen molar-refractivity contribution in [3.8, 4) is 6.07 Å². The summed E-state index contributed by atoms with van der Waals surface area (Å²) in [5.41, 5.74) is 2.94. The van der Waals surface area contributed by atoms with Crippen LogP contribution in [0, 0.1) is 23.2 Å². The van der Waals surface area contributed by atoms with Gasteiger partial charge in [-0.1, -0.05) is 75.4 Å². The molecule has 1 aliphatic rings. The molecule has 0 spiro atoms. The Bertz CT molecular complexity index is 613. The van der Waals surface area contributed by atoms with Crippen LogP contribution < -0.4 is 0 Å². The fourth-order valence-corrected chi connectivity index (χ4v) is 3.96. The summed E-state index contributed by atoms with van der Waals surface area (Å²) in [6, 6.07) is 10.7. The van der Waals surface area contributed by atoms with Crippen molar-refractivity contribution in [2.45, 2.75) is 71.1 Å². The lowest BCUT2D eigenvalue weighted by molar-refractivity contribution is 0.254. The molecule has 0 radical (unpaired) electrons. The van der Waals surface area contributed by atoms with Crippen LogP contribution in [-0.4, -0.2) is 0 Å². The highest BCUT2D eigenvalue weighted by molar-refractivity contribution is 5.22. The summed E-state index contributed by atoms with van der Waals surface area (Å²) in [5, 5.41) is 8.34. The number of benzene rings is 1. The molecule has 1 aliphatic carbocycles. The van der Waals surface area contributed by atoms with Gasteiger partial charge in [-0.05, 0) is 61.1 Å². The number of rotatable bonds is 9. The van der Waals surface area contributed by atoms with Crippen molar-refractivity contribution in [2.75, 3.05) is 0 Å². The highest BCUT2D eigenvalue weighted by Gasteiger charge is 2.20. The van der Waals surface area contributed by atoms with Gasteiger partial charge in [-0.25, -0.2) is 0 Å². The number of hydrogen-bond donors (Lipinski definition) is 0. The number of nitriles is 1. The van der Waals surface area contributed by atoms with Crippen molar-refractivity contribution < 1.29 is 4.39 Å². The molecule has 0 N–H and O–H groups in total. The molecule has 0 amide bonds. The normalized spacial score (nSPS) is 21.0. The van der Waals surface area contributed by atoms with Crippen LogP contribution in [0.2, 0.25) is 0 Å². The first-order chi connectivity index (χ1) is 12.7. The van der Waals surface area contributed by atoms with Crippen LogP contribution in [0.3, 0.4) is 0 Å². The lowest BCUT2D eigenvalue weighted by Gasteiger charge is -2.28. The van der Waals surface area contributed by atoms with Gasteiger partial charge in [0.25, 0.3) is 0 Å². The van der Waals surface area contributed by atoms with E-state index in [0.29, 0.717) is 0 Å². The minimum atomic E-state index is -0.721. The molecule has 26 heavy (non-hydrogen) atoms. The molecule has 0 heterocycles. The molecule has 0 atom stereocenters. The molecule has 0 unspecified atom stereocenters. The van der Waals surface area contributed by atoms with Crippen LogP contribution >= 0.6 is 0 Å². The Morgan fingerprint density at radius 2 is 1.62 bits per heavy atom. The molecule has 0 saturated heterocycles. The molecular formula is C24H32FN. The van der Waals surface area contributed by atoms with Gasteiger partial charge in [-0.3, -0.25) is 0 Å². The molecule has 1 saturated carbocycles. The third-order valence-corrected chi connectivity index (χ3v) is 5.60. The van der Waals surface area contributed by atoms with Crippen molar-refractivity contribution >= 4 is 0 Å². The lowest BCUT2D eigenvalue weighted by atomic mass is 9.78. The number of nitrogens with zero attached hydrogens (tertiary/aromatic N) is 1. The lowest BCUT2D eigenvalue weighted by Crippen LogP contribution is -2.15. The second-order valence-electron chi connectivity index (χ2n) is 7.62. The van der Waals surface area contributed by atoms with E-state index in [-0.39, 0.29) is 0 Å². The monoisotopic (exact) mass is 353 g/mol. The summed E-state index contributed by atoms with van der Waals surface area (Å²) in [4.78, 5) is 0. The summed E-state index contributed by atoms with van der Waals surface area (Å²) < 4.78 is 12.7. The highest BCUT2D eigenvalue weighted by Crippen LogP contribution is 2.34. The highest BCUT2D eigenvalue weighted by atomic mass is 19.1. The molecule has 2 rings (SSSR count). The van der Waals surface area contributed by atoms with Crippen molar-refractivity contribution in [1.29, 1.82) is 5.26 Å². The molecule has 1 aromatic rings. The number of aryl methyl sites for hydroxylation is 2. The van der Waals surface area contributed by atoms with E-state index in [9.17, 15) is 4.39 Å². The summed E-state index contributed by atoms with van der Waals surface area (Å²) in [6.45, 7) is 2.23. The van der Waals surface area contributed by atoms with Crippen LogP contribution in [-0.2, 0) is 12.8 Å². The van der Waals surface area contributed by atoms with Gasteiger partial charge in [-0.2, -0.15) is 9.65 Å². The van der Waals surface area contributed by atoms with Gasteiger partial charge in [0.05, 0.1) is 0 Å². The molecule has 2 heteroatoms. The van der Waals surface area contributed by atoms with Gasteiger partial charge in [0, 0.05) is 0 Å². The Morgan fingerprint density at radius 1 is 1.04 bits per heavy atom. The molecule has 1 aromatic carbocycles. The predicted molar refractivity (Wildman–Crippen MR) is 107 cm³/mol. The maximum absolute atomic E-state index is 12.7. The molecule has 1 nitrogen and oxygen atoms in total. The van der Waals surface area contributed by atoms with Crippen molar-refractivity contribution in [3.05, 3.63) is 59.4 Å². The quantitative estimate of drug-likeness (QED) is 0.343. The van der Waals surface area contributed by atoms with Crippen LogP contribution in [0.15, 0.2) is 48.3 Å². The Balaban J connectivity index is 1.62. The van der Waals surface area contributed by atoms with Crippen molar-refractivity contribution in [3.63, 3.8) is 0 Å². The number of allylic oxidation sites excluding steroid dienone is 4. The second-order valence-corrected chi connectivity index (χ2v) is 7.62. The van der Waals surface area contributed by atoms with E-state index in [4.69, 9.17) is 5.26 Å². The molecule has 0 bridgehead atoms. The van der Waals surface area contributed by atoms with E-state index in [0.717, 1.165) is 18.3 Å². The van der Waals surface area contributed by atoms with E-state index >= 15 is 0 Å². The summed E-state index contributed by atoms with van der Waals surface area (Å²) in [5.74, 6) is 0.973. The number of hydrogen-bond acceptors (Lipinski definition) is 1. The largest absolute Gasteiger partial charge is 0.199 e. The van der Waals surface area contributed by atoms with Crippen LogP contribution in [0.4, 0.5) is 4.39 Å². The summed E-state index contributed by atoms with van der Waals surface area (Å²) in [7, 11) is 0. The maximum atomic E-state index is 12.7. The third kappa shape index (κ3) is 7.56. The average Bonchev–Trinajstić information content (AvgIpc) is 2.68. The zero-order chi connectivity index (χ0) is 18.6. The van der Waals surface area contributed by atoms with Gasteiger partial charge in [0.1, 0.15) is 6.07 Å². The fraction of sp³-hybridized carbons (Fsp3) is 0.542. The second kappa shape index (κ2) is 11.7. The Morgan fingerprint density at radius 3 is 2.19 bits per heavy atom. The molecule has 0 aliphatic heterocycles. The third-order valence-electron chi connectivity index (χ3n) is 5.60. The van der Waals surface area contributed by atoms with Crippen LogP contribution in [0.25, 0.3) is 0 Å². The van der Waals surface area contributed by atoms with Crippen LogP contribution in [0.5, 0.6) is 0 Å². The predicted octanol–water partition coefficient (Wildman–Crippen LogP) is 7.09. The van der Waals surface area contributed by atoms with Gasteiger partial charge in [-0.15, -0.1) is 0 Å². The fourth-order valence-electron chi connectivity index (χ4n) is 3.96. The van der Waals surface area contributed by atoms with E-state index in [1.54, 1.807) is 6.08 Å². The topological polar surface area (TPSA) is 23.8 Å². The van der Waals surface area contributed by atoms with E-state index < -0.39 is 5.83 Å². The van der Waals surface area contributed by atoms with E-state index in [2.05, 4.69) is 31.2 Å². The molecule has 140 valence electrons. The standard InChI is InChI=1S/C24H32FN/c1-2-6-20-9-13-22(14-10-20)17-18-23-15-11-21(12-16-23)7-4-3-5-8-24(25)19-26/h3,5,8-10,13-14,21,23H,2,4,6-7,11-12,15-18H2,1H3/b5-3+,24-8-/t21-,23-. The Labute approximate surface area is 158 Å². The average molecular weight is 354 g/mol. The molecule has 0 aromatic heterocycles.